The fourth-order valence-electron chi connectivity index (χ4n) is 2.46. The Morgan fingerprint density at radius 3 is 1.96 bits per heavy atom. The zero-order valence-corrected chi connectivity index (χ0v) is 13.4. The molecule has 0 saturated carbocycles. The lowest BCUT2D eigenvalue weighted by Gasteiger charge is -2.07. The van der Waals surface area contributed by atoms with Crippen LogP contribution in [0.15, 0.2) is 40.9 Å². The molecule has 0 radical (unpaired) electrons. The number of rotatable bonds is 4. The van der Waals surface area contributed by atoms with Crippen molar-refractivity contribution in [1.82, 2.24) is 5.16 Å². The predicted octanol–water partition coefficient (Wildman–Crippen LogP) is 4.74. The second kappa shape index (κ2) is 6.99. The van der Waals surface area contributed by atoms with Crippen LogP contribution >= 0.6 is 0 Å². The number of hydrogen-bond acceptors (Lipinski definition) is 4. The van der Waals surface area contributed by atoms with Gasteiger partial charge in [0.05, 0.1) is 17.7 Å². The van der Waals surface area contributed by atoms with Crippen LogP contribution in [-0.2, 0) is 4.74 Å². The molecule has 2 aromatic carbocycles. The van der Waals surface area contributed by atoms with Crippen LogP contribution in [0.5, 0.6) is 0 Å². The highest BCUT2D eigenvalue weighted by molar-refractivity contribution is 6.02. The van der Waals surface area contributed by atoms with Crippen molar-refractivity contribution in [3.8, 4) is 22.6 Å². The molecule has 0 aliphatic rings. The molecule has 0 bridgehead atoms. The summed E-state index contributed by atoms with van der Waals surface area (Å²) in [7, 11) is 0. The molecule has 1 aromatic heterocycles. The maximum atomic E-state index is 14.1. The summed E-state index contributed by atoms with van der Waals surface area (Å²) in [5.41, 5.74) is -2.47. The second-order valence-electron chi connectivity index (χ2n) is 5.15. The number of nitrogens with zero attached hydrogens (tertiary/aromatic N) is 1. The van der Waals surface area contributed by atoms with E-state index >= 15 is 0 Å². The second-order valence-corrected chi connectivity index (χ2v) is 5.15. The van der Waals surface area contributed by atoms with E-state index < -0.39 is 57.4 Å². The molecule has 26 heavy (non-hydrogen) atoms. The average molecular weight is 365 g/mol. The monoisotopic (exact) mass is 365 g/mol. The molecule has 0 unspecified atom stereocenters. The van der Waals surface area contributed by atoms with E-state index in [9.17, 15) is 22.4 Å². The number of aromatic nitrogens is 1. The molecular formula is C18H11F4NO3. The number of ether oxygens (including phenoxy) is 1. The molecule has 0 fully saturated rings. The lowest BCUT2D eigenvalue weighted by atomic mass is 10.0. The smallest absolute Gasteiger partial charge is 0.344 e. The van der Waals surface area contributed by atoms with Crippen LogP contribution in [-0.4, -0.2) is 17.7 Å². The number of carbonyl (C=O) groups excluding carboxylic acids is 1. The molecule has 4 nitrogen and oxygen atoms in total. The van der Waals surface area contributed by atoms with E-state index in [4.69, 9.17) is 9.26 Å². The lowest BCUT2D eigenvalue weighted by molar-refractivity contribution is 0.0527. The Balaban J connectivity index is 2.32. The van der Waals surface area contributed by atoms with Crippen molar-refractivity contribution < 1.29 is 31.6 Å². The first-order chi connectivity index (χ1) is 12.5. The van der Waals surface area contributed by atoms with Crippen LogP contribution in [0.4, 0.5) is 17.6 Å². The van der Waals surface area contributed by atoms with Crippen molar-refractivity contribution in [1.29, 1.82) is 0 Å². The normalized spacial score (nSPS) is 10.8. The van der Waals surface area contributed by atoms with Crippen molar-refractivity contribution in [3.63, 3.8) is 0 Å². The van der Waals surface area contributed by atoms with E-state index in [0.29, 0.717) is 0 Å². The van der Waals surface area contributed by atoms with Gasteiger partial charge in [0, 0.05) is 0 Å². The van der Waals surface area contributed by atoms with E-state index in [1.165, 1.54) is 6.92 Å². The van der Waals surface area contributed by atoms with Gasteiger partial charge in [0.2, 0.25) is 0 Å². The molecule has 8 heteroatoms. The minimum Gasteiger partial charge on any atom is -0.462 e. The summed E-state index contributed by atoms with van der Waals surface area (Å²) >= 11 is 0. The number of halogens is 4. The summed E-state index contributed by atoms with van der Waals surface area (Å²) in [6, 6.07) is 6.02. The Morgan fingerprint density at radius 2 is 1.46 bits per heavy atom. The minimum absolute atomic E-state index is 0.0810. The van der Waals surface area contributed by atoms with Crippen molar-refractivity contribution in [2.75, 3.05) is 6.61 Å². The van der Waals surface area contributed by atoms with E-state index in [1.807, 2.05) is 0 Å². The molecule has 3 rings (SSSR count). The number of hydrogen-bond donors (Lipinski definition) is 0. The van der Waals surface area contributed by atoms with Crippen LogP contribution in [0.2, 0.25) is 0 Å². The number of carbonyl (C=O) groups is 1. The van der Waals surface area contributed by atoms with Crippen molar-refractivity contribution in [2.45, 2.75) is 6.92 Å². The number of benzene rings is 2. The Morgan fingerprint density at radius 1 is 0.962 bits per heavy atom. The van der Waals surface area contributed by atoms with Crippen LogP contribution < -0.4 is 0 Å². The quantitative estimate of drug-likeness (QED) is 0.495. The van der Waals surface area contributed by atoms with Gasteiger partial charge in [-0.2, -0.15) is 0 Å². The van der Waals surface area contributed by atoms with Gasteiger partial charge >= 0.3 is 5.97 Å². The largest absolute Gasteiger partial charge is 0.462 e. The molecule has 0 aliphatic heterocycles. The van der Waals surface area contributed by atoms with Crippen molar-refractivity contribution in [2.24, 2.45) is 0 Å². The third-order valence-corrected chi connectivity index (χ3v) is 3.56. The SMILES string of the molecule is CCOC(=O)c1c(-c2c(F)cccc2F)noc1-c1c(F)cccc1F. The van der Waals surface area contributed by atoms with Gasteiger partial charge in [-0.1, -0.05) is 17.3 Å². The van der Waals surface area contributed by atoms with Crippen LogP contribution in [0, 0.1) is 23.3 Å². The van der Waals surface area contributed by atoms with Gasteiger partial charge in [-0.3, -0.25) is 0 Å². The third kappa shape index (κ3) is 2.94. The van der Waals surface area contributed by atoms with E-state index in [1.54, 1.807) is 0 Å². The maximum absolute atomic E-state index is 14.1. The zero-order chi connectivity index (χ0) is 18.8. The Kier molecular flexibility index (Phi) is 4.75. The van der Waals surface area contributed by atoms with Crippen molar-refractivity contribution >= 4 is 5.97 Å². The van der Waals surface area contributed by atoms with Crippen LogP contribution in [0.1, 0.15) is 17.3 Å². The summed E-state index contributed by atoms with van der Waals surface area (Å²) < 4.78 is 66.2. The molecule has 0 aliphatic carbocycles. The Hall–Kier alpha value is -3.16. The van der Waals surface area contributed by atoms with Gasteiger partial charge in [-0.25, -0.2) is 22.4 Å². The van der Waals surface area contributed by atoms with Gasteiger partial charge in [-0.05, 0) is 31.2 Å². The molecule has 0 saturated heterocycles. The number of esters is 1. The lowest BCUT2D eigenvalue weighted by Crippen LogP contribution is -2.08. The molecule has 1 heterocycles. The first-order valence-corrected chi connectivity index (χ1v) is 7.51. The molecular weight excluding hydrogens is 354 g/mol. The van der Waals surface area contributed by atoms with Gasteiger partial charge in [0.25, 0.3) is 0 Å². The van der Waals surface area contributed by atoms with E-state index in [-0.39, 0.29) is 6.61 Å². The Labute approximate surface area is 145 Å². The van der Waals surface area contributed by atoms with E-state index in [2.05, 4.69) is 5.16 Å². The van der Waals surface area contributed by atoms with Crippen LogP contribution in [0.3, 0.4) is 0 Å². The molecule has 0 amide bonds. The van der Waals surface area contributed by atoms with Crippen molar-refractivity contribution in [3.05, 3.63) is 65.2 Å². The van der Waals surface area contributed by atoms with Gasteiger partial charge in [-0.15, -0.1) is 0 Å². The summed E-state index contributed by atoms with van der Waals surface area (Å²) in [6.45, 7) is 1.42. The molecule has 134 valence electrons. The van der Waals surface area contributed by atoms with Crippen LogP contribution in [0.25, 0.3) is 22.6 Å². The van der Waals surface area contributed by atoms with Gasteiger partial charge in [0.15, 0.2) is 5.76 Å². The fraction of sp³-hybridized carbons (Fsp3) is 0.111. The predicted molar refractivity (Wildman–Crippen MR) is 83.2 cm³/mol. The highest BCUT2D eigenvalue weighted by Crippen LogP contribution is 2.37. The minimum atomic E-state index is -1.08. The third-order valence-electron chi connectivity index (χ3n) is 3.56. The first-order valence-electron chi connectivity index (χ1n) is 7.51. The topological polar surface area (TPSA) is 52.3 Å². The molecule has 3 aromatic rings. The summed E-state index contributed by atoms with van der Waals surface area (Å²) in [6.07, 6.45) is 0. The first kappa shape index (κ1) is 17.7. The zero-order valence-electron chi connectivity index (χ0n) is 13.4. The summed E-state index contributed by atoms with van der Waals surface area (Å²) in [4.78, 5) is 12.3. The maximum Gasteiger partial charge on any atom is 0.344 e. The van der Waals surface area contributed by atoms with Gasteiger partial charge in [0.1, 0.15) is 34.5 Å². The molecule has 0 atom stereocenters. The van der Waals surface area contributed by atoms with E-state index in [0.717, 1.165) is 36.4 Å². The Bertz CT molecular complexity index is 875. The fourth-order valence-corrected chi connectivity index (χ4v) is 2.46. The molecule has 0 N–H and O–H groups in total. The van der Waals surface area contributed by atoms with Gasteiger partial charge < -0.3 is 9.26 Å². The standard InChI is InChI=1S/C18H11F4NO3/c1-2-25-18(24)15-16(13-9(19)5-3-6-10(13)20)23-26-17(15)14-11(21)7-4-8-12(14)22/h3-8H,2H2,1H3. The summed E-state index contributed by atoms with van der Waals surface area (Å²) in [5, 5.41) is 3.48. The highest BCUT2D eigenvalue weighted by atomic mass is 19.1. The highest BCUT2D eigenvalue weighted by Gasteiger charge is 2.32. The average Bonchev–Trinajstić information content (AvgIpc) is 2.99. The molecule has 0 spiro atoms. The summed E-state index contributed by atoms with van der Waals surface area (Å²) in [5.74, 6) is -5.81.